The molecule has 342 valence electrons. The smallest absolute Gasteiger partial charge is 0.338 e. The molecule has 0 bridgehead atoms. The van der Waals surface area contributed by atoms with Gasteiger partial charge in [-0.2, -0.15) is 0 Å². The van der Waals surface area contributed by atoms with Crippen LogP contribution in [0.25, 0.3) is 0 Å². The summed E-state index contributed by atoms with van der Waals surface area (Å²) in [4.78, 5) is 92.0. The van der Waals surface area contributed by atoms with Gasteiger partial charge in [0.25, 0.3) is 0 Å². The van der Waals surface area contributed by atoms with Crippen LogP contribution in [-0.2, 0) is 66.5 Å². The summed E-state index contributed by atoms with van der Waals surface area (Å²) >= 11 is 1.11. The lowest BCUT2D eigenvalue weighted by molar-refractivity contribution is -0.316. The molecule has 0 spiro atoms. The number of hydrogen-bond acceptors (Lipinski definition) is 18. The fraction of sp³-hybridized carbons (Fsp3) is 0.340. The molecule has 0 saturated carbocycles. The normalized spacial score (nSPS) is 24.9. The first kappa shape index (κ1) is 47.9. The van der Waals surface area contributed by atoms with E-state index in [4.69, 9.17) is 47.4 Å². The van der Waals surface area contributed by atoms with E-state index in [1.807, 2.05) is 0 Å². The van der Waals surface area contributed by atoms with Gasteiger partial charge in [0, 0.05) is 32.6 Å². The van der Waals surface area contributed by atoms with Crippen molar-refractivity contribution in [2.75, 3.05) is 13.2 Å². The van der Waals surface area contributed by atoms with Gasteiger partial charge >= 0.3 is 41.8 Å². The molecule has 10 atom stereocenters. The van der Waals surface area contributed by atoms with Crippen LogP contribution < -0.4 is 0 Å². The first-order valence-electron chi connectivity index (χ1n) is 20.3. The van der Waals surface area contributed by atoms with Crippen LogP contribution in [0, 0.1) is 0 Å². The molecule has 2 aliphatic heterocycles. The Kier molecular flexibility index (Phi) is 16.8. The van der Waals surface area contributed by atoms with Crippen molar-refractivity contribution in [2.45, 2.75) is 93.1 Å². The lowest BCUT2D eigenvalue weighted by Crippen LogP contribution is -2.64. The second-order valence-corrected chi connectivity index (χ2v) is 15.8. The summed E-state index contributed by atoms with van der Waals surface area (Å²) in [6.07, 6.45) is -13.8. The minimum absolute atomic E-state index is 0.110. The van der Waals surface area contributed by atoms with Crippen molar-refractivity contribution in [2.24, 2.45) is 0 Å². The molecular formula is C47H46O17S. The fourth-order valence-electron chi connectivity index (χ4n) is 6.95. The molecule has 4 aromatic carbocycles. The average molecular weight is 915 g/mol. The molecule has 4 aromatic rings. The zero-order chi connectivity index (χ0) is 46.5. The van der Waals surface area contributed by atoms with Crippen molar-refractivity contribution >= 4 is 53.5 Å². The minimum Gasteiger partial charge on any atom is -0.463 e. The van der Waals surface area contributed by atoms with Crippen LogP contribution >= 0.6 is 11.8 Å². The largest absolute Gasteiger partial charge is 0.463 e. The highest BCUT2D eigenvalue weighted by molar-refractivity contribution is 7.99. The molecule has 2 aliphatic rings. The number of carbonyl (C=O) groups is 7. The van der Waals surface area contributed by atoms with Gasteiger partial charge < -0.3 is 47.4 Å². The van der Waals surface area contributed by atoms with Crippen LogP contribution in [-0.4, -0.2) is 116 Å². The third kappa shape index (κ3) is 13.2. The number of ether oxygens (including phenoxy) is 10. The van der Waals surface area contributed by atoms with Gasteiger partial charge in [0.1, 0.15) is 24.3 Å². The highest BCUT2D eigenvalue weighted by Crippen LogP contribution is 2.39. The van der Waals surface area contributed by atoms with Gasteiger partial charge in [-0.15, -0.1) is 0 Å². The molecule has 0 unspecified atom stereocenters. The summed E-state index contributed by atoms with van der Waals surface area (Å²) in [7, 11) is 0. The summed E-state index contributed by atoms with van der Waals surface area (Å²) in [5.74, 6) is -5.83. The lowest BCUT2D eigenvalue weighted by atomic mass is 9.97. The van der Waals surface area contributed by atoms with Crippen LogP contribution in [0.15, 0.2) is 126 Å². The summed E-state index contributed by atoms with van der Waals surface area (Å²) in [6, 6.07) is 32.9. The second kappa shape index (κ2) is 22.8. The maximum atomic E-state index is 14.1. The highest BCUT2D eigenvalue weighted by Gasteiger charge is 2.56. The van der Waals surface area contributed by atoms with E-state index in [2.05, 4.69) is 0 Å². The first-order valence-corrected chi connectivity index (χ1v) is 21.2. The minimum atomic E-state index is -1.68. The van der Waals surface area contributed by atoms with Gasteiger partial charge in [-0.1, -0.05) is 84.6 Å². The number of hydrogen-bond donors (Lipinski definition) is 0. The van der Waals surface area contributed by atoms with E-state index in [9.17, 15) is 33.6 Å². The van der Waals surface area contributed by atoms with Crippen molar-refractivity contribution in [1.29, 1.82) is 0 Å². The monoisotopic (exact) mass is 914 g/mol. The predicted octanol–water partition coefficient (Wildman–Crippen LogP) is 5.28. The van der Waals surface area contributed by atoms with Gasteiger partial charge in [0.2, 0.25) is 0 Å². The van der Waals surface area contributed by atoms with Gasteiger partial charge in [-0.25, -0.2) is 14.4 Å². The molecule has 17 nitrogen and oxygen atoms in total. The summed E-state index contributed by atoms with van der Waals surface area (Å²) in [5.41, 5.74) is -0.804. The molecule has 6 rings (SSSR count). The third-order valence-corrected chi connectivity index (χ3v) is 10.9. The number of benzene rings is 4. The fourth-order valence-corrected chi connectivity index (χ4v) is 8.08. The Labute approximate surface area is 377 Å². The van der Waals surface area contributed by atoms with Gasteiger partial charge in [-0.05, 0) is 48.5 Å². The van der Waals surface area contributed by atoms with Crippen LogP contribution in [0.4, 0.5) is 0 Å². The number of carbonyl (C=O) groups excluding carboxylic acids is 7. The number of esters is 7. The predicted molar refractivity (Wildman–Crippen MR) is 226 cm³/mol. The molecule has 0 amide bonds. The molecule has 18 heteroatoms. The van der Waals surface area contributed by atoms with Gasteiger partial charge in [-0.3, -0.25) is 19.2 Å². The Morgan fingerprint density at radius 1 is 0.431 bits per heavy atom. The SMILES string of the molecule is CC(=O)OC[C@H]1O[C@H](OC[C@H]2O[C@@H](Sc3ccccc3)[C@H](OC(=O)c3ccccc3)[C@@H](OC(=O)c3ccccc3)[C@H]2OC(=O)c2ccccc2)[C@@H](OC(C)=O)[C@@H](OC(C)=O)[C@@H]1OC(C)=O. The third-order valence-electron chi connectivity index (χ3n) is 9.72. The maximum absolute atomic E-state index is 14.1. The Balaban J connectivity index is 1.44. The van der Waals surface area contributed by atoms with Crippen LogP contribution in [0.5, 0.6) is 0 Å². The van der Waals surface area contributed by atoms with E-state index in [1.54, 1.807) is 84.9 Å². The van der Waals surface area contributed by atoms with E-state index in [-0.39, 0.29) is 16.7 Å². The zero-order valence-corrected chi connectivity index (χ0v) is 36.4. The van der Waals surface area contributed by atoms with Crippen molar-refractivity contribution in [3.63, 3.8) is 0 Å². The van der Waals surface area contributed by atoms with Gasteiger partial charge in [0.05, 0.1) is 23.3 Å². The van der Waals surface area contributed by atoms with Crippen LogP contribution in [0.1, 0.15) is 58.8 Å². The van der Waals surface area contributed by atoms with E-state index in [1.165, 1.54) is 36.4 Å². The average Bonchev–Trinajstić information content (AvgIpc) is 3.29. The highest BCUT2D eigenvalue weighted by atomic mass is 32.2. The quantitative estimate of drug-likeness (QED) is 0.103. The van der Waals surface area contributed by atoms with E-state index < -0.39 is 116 Å². The first-order chi connectivity index (χ1) is 31.3. The lowest BCUT2D eigenvalue weighted by Gasteiger charge is -2.46. The van der Waals surface area contributed by atoms with Crippen LogP contribution in [0.3, 0.4) is 0 Å². The Morgan fingerprint density at radius 2 is 0.815 bits per heavy atom. The van der Waals surface area contributed by atoms with Crippen LogP contribution in [0.2, 0.25) is 0 Å². The summed E-state index contributed by atoms with van der Waals surface area (Å²) in [6.45, 7) is 3.23. The molecule has 0 aliphatic carbocycles. The van der Waals surface area contributed by atoms with Crippen molar-refractivity contribution in [3.05, 3.63) is 138 Å². The van der Waals surface area contributed by atoms with E-state index in [0.717, 1.165) is 39.5 Å². The van der Waals surface area contributed by atoms with Crippen molar-refractivity contribution < 1.29 is 80.9 Å². The Bertz CT molecular complexity index is 2260. The van der Waals surface area contributed by atoms with E-state index >= 15 is 0 Å². The molecular weight excluding hydrogens is 869 g/mol. The number of thioether (sulfide) groups is 1. The maximum Gasteiger partial charge on any atom is 0.338 e. The van der Waals surface area contributed by atoms with Crippen molar-refractivity contribution in [3.8, 4) is 0 Å². The molecule has 2 fully saturated rings. The molecule has 0 radical (unpaired) electrons. The summed E-state index contributed by atoms with van der Waals surface area (Å²) in [5, 5.41) is 0. The second-order valence-electron chi connectivity index (χ2n) is 14.6. The molecule has 65 heavy (non-hydrogen) atoms. The topological polar surface area (TPSA) is 212 Å². The van der Waals surface area contributed by atoms with E-state index in [0.29, 0.717) is 4.90 Å². The van der Waals surface area contributed by atoms with Crippen molar-refractivity contribution in [1.82, 2.24) is 0 Å². The molecule has 0 aromatic heterocycles. The zero-order valence-electron chi connectivity index (χ0n) is 35.6. The molecule has 2 saturated heterocycles. The van der Waals surface area contributed by atoms with Gasteiger partial charge in [0.15, 0.2) is 42.9 Å². The standard InChI is InChI=1S/C47H46O17S/c1-27(48)55-25-35-37(57-28(2)49)39(58-29(3)50)41(59-30(4)51)46(60-35)56-26-36-38(62-43(52)31-17-9-5-10-18-31)40(63-44(53)32-19-11-6-12-20-32)42(64-45(54)33-21-13-7-14-22-33)47(61-36)65-34-23-15-8-16-24-34/h5-24,35-42,46-47H,25-26H2,1-4H3/t35-,36-,37-,38+,39+,40+,41+,42-,46+,47+/m1/s1. The molecule has 0 N–H and O–H groups in total. The Morgan fingerprint density at radius 3 is 1.29 bits per heavy atom. The Hall–Kier alpha value is -6.60. The molecule has 2 heterocycles. The summed E-state index contributed by atoms with van der Waals surface area (Å²) < 4.78 is 59.6. The number of rotatable bonds is 16.